The molecule has 0 N–H and O–H groups in total. The number of allylic oxidation sites excluding steroid dienone is 4. The first-order valence-corrected chi connectivity index (χ1v) is 14.1. The molecule has 0 unspecified atom stereocenters. The van der Waals surface area contributed by atoms with Crippen LogP contribution in [0.15, 0.2) is 23.3 Å². The van der Waals surface area contributed by atoms with E-state index in [2.05, 4.69) is 40.7 Å². The molecule has 0 spiro atoms. The van der Waals surface area contributed by atoms with E-state index in [4.69, 9.17) is 4.74 Å². The highest BCUT2D eigenvalue weighted by molar-refractivity contribution is 6.04. The number of methoxy groups -OCH3 is 1. The quantitative estimate of drug-likeness (QED) is 0.386. The molecule has 0 radical (unpaired) electrons. The van der Waals surface area contributed by atoms with Gasteiger partial charge in [0.1, 0.15) is 6.07 Å². The summed E-state index contributed by atoms with van der Waals surface area (Å²) in [7, 11) is 1.48. The molecule has 0 bridgehead atoms. The Kier molecular flexibility index (Phi) is 5.47. The maximum absolute atomic E-state index is 14.4. The third-order valence-corrected chi connectivity index (χ3v) is 12.5. The van der Waals surface area contributed by atoms with E-state index in [0.717, 1.165) is 50.5 Å². The number of nitrogens with zero attached hydrogens (tertiary/aromatic N) is 1. The van der Waals surface area contributed by atoms with Crippen LogP contribution in [0.2, 0.25) is 0 Å². The third kappa shape index (κ3) is 3.11. The van der Waals surface area contributed by atoms with Crippen molar-refractivity contribution in [1.29, 1.82) is 5.26 Å². The molecule has 0 amide bonds. The summed E-state index contributed by atoms with van der Waals surface area (Å²) in [5, 5.41) is 9.86. The molecule has 5 aliphatic carbocycles. The number of esters is 1. The van der Waals surface area contributed by atoms with Gasteiger partial charge in [-0.1, -0.05) is 60.1 Å². The molecule has 37 heavy (non-hydrogen) atoms. The Morgan fingerprint density at radius 3 is 2.27 bits per heavy atom. The smallest absolute Gasteiger partial charge is 0.312 e. The van der Waals surface area contributed by atoms with Crippen LogP contribution in [-0.4, -0.2) is 24.6 Å². The van der Waals surface area contributed by atoms with Gasteiger partial charge in [0.15, 0.2) is 11.6 Å². The number of carbonyl (C=O) groups excluding carboxylic acids is 3. The van der Waals surface area contributed by atoms with Crippen LogP contribution in [0.3, 0.4) is 0 Å². The molecule has 5 aliphatic rings. The van der Waals surface area contributed by atoms with Gasteiger partial charge in [0, 0.05) is 16.7 Å². The summed E-state index contributed by atoms with van der Waals surface area (Å²) >= 11 is 0. The van der Waals surface area contributed by atoms with Crippen molar-refractivity contribution in [3.05, 3.63) is 23.3 Å². The van der Waals surface area contributed by atoms with E-state index in [1.807, 2.05) is 26.0 Å². The molecule has 200 valence electrons. The summed E-state index contributed by atoms with van der Waals surface area (Å²) in [4.78, 5) is 40.9. The second-order valence-corrected chi connectivity index (χ2v) is 14.9. The zero-order valence-corrected chi connectivity index (χ0v) is 23.9. The fourth-order valence-electron chi connectivity index (χ4n) is 10.2. The molecule has 3 fully saturated rings. The van der Waals surface area contributed by atoms with Gasteiger partial charge in [-0.05, 0) is 79.1 Å². The number of fused-ring (bicyclic) bond motifs is 7. The van der Waals surface area contributed by atoms with Crippen molar-refractivity contribution in [2.45, 2.75) is 93.4 Å². The Morgan fingerprint density at radius 1 is 1.00 bits per heavy atom. The van der Waals surface area contributed by atoms with E-state index in [-0.39, 0.29) is 57.1 Å². The van der Waals surface area contributed by atoms with Gasteiger partial charge in [0.25, 0.3) is 0 Å². The van der Waals surface area contributed by atoms with Crippen molar-refractivity contribution < 1.29 is 19.1 Å². The van der Waals surface area contributed by atoms with Crippen molar-refractivity contribution in [3.63, 3.8) is 0 Å². The largest absolute Gasteiger partial charge is 0.469 e. The SMILES string of the molecule is COC(=O)[C@]12CCC(C)(C)C[C@@H]1[C@@H]1C(=O)C=C3[C@]4(C)C=C(C#N)C(=O)C(C)(C)[C@@H]4CC[C@]3(C)[C@@]1(C)CC2. The summed E-state index contributed by atoms with van der Waals surface area (Å²) < 4.78 is 5.41. The molecule has 0 aromatic heterocycles. The average molecular weight is 506 g/mol. The van der Waals surface area contributed by atoms with Crippen LogP contribution in [0.25, 0.3) is 0 Å². The second-order valence-electron chi connectivity index (χ2n) is 14.9. The van der Waals surface area contributed by atoms with Gasteiger partial charge in [-0.3, -0.25) is 14.4 Å². The predicted octanol–water partition coefficient (Wildman–Crippen LogP) is 6.38. The zero-order valence-electron chi connectivity index (χ0n) is 23.9. The highest BCUT2D eigenvalue weighted by Crippen LogP contribution is 2.74. The van der Waals surface area contributed by atoms with Crippen molar-refractivity contribution >= 4 is 17.5 Å². The van der Waals surface area contributed by atoms with Gasteiger partial charge >= 0.3 is 5.97 Å². The van der Waals surface area contributed by atoms with Gasteiger partial charge < -0.3 is 4.74 Å². The Hall–Kier alpha value is -2.22. The molecule has 7 atom stereocenters. The number of carbonyl (C=O) groups is 3. The van der Waals surface area contributed by atoms with Crippen LogP contribution < -0.4 is 0 Å². The molecule has 3 saturated carbocycles. The highest BCUT2D eigenvalue weighted by atomic mass is 16.5. The number of Topliss-reactive ketones (excluding diaryl/α,β-unsaturated/α-hetero) is 1. The second kappa shape index (κ2) is 7.67. The number of nitriles is 1. The van der Waals surface area contributed by atoms with Gasteiger partial charge in [-0.2, -0.15) is 5.26 Å². The fourth-order valence-corrected chi connectivity index (χ4v) is 10.2. The van der Waals surface area contributed by atoms with Crippen molar-refractivity contribution in [2.75, 3.05) is 7.11 Å². The lowest BCUT2D eigenvalue weighted by molar-refractivity contribution is -0.191. The van der Waals surface area contributed by atoms with E-state index in [0.29, 0.717) is 0 Å². The Bertz CT molecular complexity index is 1200. The van der Waals surface area contributed by atoms with E-state index in [9.17, 15) is 19.6 Å². The molecular weight excluding hydrogens is 462 g/mol. The Balaban J connectivity index is 1.71. The molecule has 0 saturated heterocycles. The molecule has 0 heterocycles. The molecule has 0 aromatic rings. The van der Waals surface area contributed by atoms with Crippen LogP contribution >= 0.6 is 0 Å². The third-order valence-electron chi connectivity index (χ3n) is 12.5. The molecule has 0 aromatic carbocycles. The summed E-state index contributed by atoms with van der Waals surface area (Å²) in [6.07, 6.45) is 9.65. The zero-order chi connectivity index (χ0) is 27.4. The van der Waals surface area contributed by atoms with E-state index < -0.39 is 16.2 Å². The fraction of sp³-hybridized carbons (Fsp3) is 0.750. The number of hydrogen-bond acceptors (Lipinski definition) is 5. The lowest BCUT2D eigenvalue weighted by Crippen LogP contribution is -2.65. The number of ketones is 2. The van der Waals surface area contributed by atoms with Crippen molar-refractivity contribution in [2.24, 2.45) is 50.2 Å². The minimum Gasteiger partial charge on any atom is -0.469 e. The molecular formula is C32H43NO4. The van der Waals surface area contributed by atoms with Gasteiger partial charge in [-0.25, -0.2) is 0 Å². The Labute approximate surface area is 222 Å². The summed E-state index contributed by atoms with van der Waals surface area (Å²) in [6.45, 7) is 15.2. The minimum absolute atomic E-state index is 0.0308. The van der Waals surface area contributed by atoms with Crippen LogP contribution in [-0.2, 0) is 19.1 Å². The van der Waals surface area contributed by atoms with Crippen LogP contribution in [0, 0.1) is 61.6 Å². The first-order chi connectivity index (χ1) is 17.0. The monoisotopic (exact) mass is 505 g/mol. The van der Waals surface area contributed by atoms with Gasteiger partial charge in [0.2, 0.25) is 0 Å². The summed E-state index contributed by atoms with van der Waals surface area (Å²) in [5.41, 5.74) is -1.02. The van der Waals surface area contributed by atoms with Gasteiger partial charge in [-0.15, -0.1) is 0 Å². The lowest BCUT2D eigenvalue weighted by atomic mass is 9.34. The highest BCUT2D eigenvalue weighted by Gasteiger charge is 2.71. The molecule has 5 heteroatoms. The van der Waals surface area contributed by atoms with Crippen LogP contribution in [0.1, 0.15) is 93.4 Å². The first-order valence-electron chi connectivity index (χ1n) is 14.1. The molecule has 5 nitrogen and oxygen atoms in total. The number of hydrogen-bond donors (Lipinski definition) is 0. The summed E-state index contributed by atoms with van der Waals surface area (Å²) in [5.74, 6) is -0.376. The maximum atomic E-state index is 14.4. The Morgan fingerprint density at radius 2 is 1.65 bits per heavy atom. The van der Waals surface area contributed by atoms with E-state index in [1.54, 1.807) is 0 Å². The number of ether oxygens (including phenoxy) is 1. The van der Waals surface area contributed by atoms with E-state index in [1.165, 1.54) is 7.11 Å². The van der Waals surface area contributed by atoms with Gasteiger partial charge in [0.05, 0.1) is 18.1 Å². The maximum Gasteiger partial charge on any atom is 0.312 e. The normalized spacial score (nSPS) is 45.6. The summed E-state index contributed by atoms with van der Waals surface area (Å²) in [6, 6.07) is 2.17. The average Bonchev–Trinajstić information content (AvgIpc) is 2.82. The number of rotatable bonds is 1. The molecule has 0 aliphatic heterocycles. The topological polar surface area (TPSA) is 84.2 Å². The standard InChI is InChI=1S/C32H43NO4/c1-27(2)11-13-32(26(36)37-8)14-12-31(7)24(20(32)17-27)21(34)15-23-29(5)16-19(18-33)25(35)28(3,4)22(29)9-10-30(23,31)6/h15-16,20,22,24H,9-14,17H2,1-8H3/t20-,22+,24-,29-,30+,31+,32+/m1/s1. The predicted molar refractivity (Wildman–Crippen MR) is 141 cm³/mol. The van der Waals surface area contributed by atoms with Crippen LogP contribution in [0.4, 0.5) is 0 Å². The van der Waals surface area contributed by atoms with Crippen LogP contribution in [0.5, 0.6) is 0 Å². The first kappa shape index (κ1) is 26.4. The lowest BCUT2D eigenvalue weighted by Gasteiger charge is -2.68. The van der Waals surface area contributed by atoms with Crippen molar-refractivity contribution in [3.8, 4) is 6.07 Å². The van der Waals surface area contributed by atoms with Crippen molar-refractivity contribution in [1.82, 2.24) is 0 Å². The molecule has 5 rings (SSSR count). The van der Waals surface area contributed by atoms with E-state index >= 15 is 0 Å². The minimum atomic E-state index is -0.669.